The second kappa shape index (κ2) is 4.01. The molecule has 0 spiro atoms. The molecule has 3 N–H and O–H groups in total. The van der Waals surface area contributed by atoms with E-state index in [1.807, 2.05) is 30.8 Å². The highest BCUT2D eigenvalue weighted by atomic mass is 16.1. The number of rotatable bonds is 2. The molecule has 1 amide bonds. The summed E-state index contributed by atoms with van der Waals surface area (Å²) in [4.78, 5) is 12.0. The van der Waals surface area contributed by atoms with Gasteiger partial charge in [0.2, 0.25) is 0 Å². The molecule has 2 aromatic heterocycles. The van der Waals surface area contributed by atoms with Crippen LogP contribution in [0.15, 0.2) is 24.5 Å². The Kier molecular flexibility index (Phi) is 2.67. The Morgan fingerprint density at radius 1 is 1.24 bits per heavy atom. The second-order valence-electron chi connectivity index (χ2n) is 4.20. The average Bonchev–Trinajstić information content (AvgIpc) is 2.71. The molecule has 0 radical (unpaired) electrons. The maximum absolute atomic E-state index is 12.0. The number of carbonyl (C=O) groups is 1. The molecule has 0 atom stereocenters. The lowest BCUT2D eigenvalue weighted by Gasteiger charge is -2.03. The van der Waals surface area contributed by atoms with Gasteiger partial charge < -0.3 is 20.2 Å². The summed E-state index contributed by atoms with van der Waals surface area (Å²) in [5.41, 5.74) is 8.64. The zero-order valence-electron chi connectivity index (χ0n) is 10.2. The third-order valence-electron chi connectivity index (χ3n) is 2.77. The molecule has 90 valence electrons. The number of nitrogens with two attached hydrogens (primary N) is 1. The maximum Gasteiger partial charge on any atom is 0.272 e. The van der Waals surface area contributed by atoms with Gasteiger partial charge in [-0.3, -0.25) is 4.79 Å². The molecule has 0 fully saturated rings. The van der Waals surface area contributed by atoms with Gasteiger partial charge in [-0.25, -0.2) is 0 Å². The lowest BCUT2D eigenvalue weighted by molar-refractivity contribution is 0.101. The first-order valence-electron chi connectivity index (χ1n) is 5.33. The van der Waals surface area contributed by atoms with Crippen LogP contribution in [-0.2, 0) is 14.1 Å². The third kappa shape index (κ3) is 2.18. The van der Waals surface area contributed by atoms with Gasteiger partial charge in [0.25, 0.3) is 5.91 Å². The van der Waals surface area contributed by atoms with E-state index in [1.165, 1.54) is 0 Å². The number of anilines is 2. The normalized spacial score (nSPS) is 10.5. The molecular weight excluding hydrogens is 216 g/mol. The maximum atomic E-state index is 12.0. The molecule has 0 aliphatic rings. The molecule has 2 heterocycles. The first-order chi connectivity index (χ1) is 7.97. The molecule has 0 aromatic carbocycles. The number of aromatic nitrogens is 2. The molecule has 5 nitrogen and oxygen atoms in total. The summed E-state index contributed by atoms with van der Waals surface area (Å²) in [5, 5.41) is 2.84. The predicted octanol–water partition coefficient (Wildman–Crippen LogP) is 1.51. The Balaban J connectivity index is 2.19. The minimum Gasteiger partial charge on any atom is -0.397 e. The van der Waals surface area contributed by atoms with E-state index >= 15 is 0 Å². The highest BCUT2D eigenvalue weighted by Crippen LogP contribution is 2.15. The summed E-state index contributed by atoms with van der Waals surface area (Å²) in [7, 11) is 3.73. The SMILES string of the molecule is Cc1cc(NC(=O)c2cc(N)cn2C)cn1C. The number of aryl methyl sites for hydroxylation is 3. The summed E-state index contributed by atoms with van der Waals surface area (Å²) in [6.07, 6.45) is 3.59. The molecular formula is C12H16N4O. The molecule has 0 aliphatic heterocycles. The van der Waals surface area contributed by atoms with Crippen LogP contribution < -0.4 is 11.1 Å². The van der Waals surface area contributed by atoms with Crippen LogP contribution in [0.2, 0.25) is 0 Å². The van der Waals surface area contributed by atoms with Crippen molar-refractivity contribution < 1.29 is 4.79 Å². The van der Waals surface area contributed by atoms with Gasteiger partial charge >= 0.3 is 0 Å². The number of nitrogens with zero attached hydrogens (tertiary/aromatic N) is 2. The van der Waals surface area contributed by atoms with E-state index in [9.17, 15) is 4.79 Å². The molecule has 0 saturated carbocycles. The van der Waals surface area contributed by atoms with Gasteiger partial charge in [0.05, 0.1) is 11.4 Å². The number of nitrogens with one attached hydrogen (secondary N) is 1. The monoisotopic (exact) mass is 232 g/mol. The van der Waals surface area contributed by atoms with Gasteiger partial charge in [0, 0.05) is 32.2 Å². The van der Waals surface area contributed by atoms with E-state index in [4.69, 9.17) is 5.73 Å². The van der Waals surface area contributed by atoms with Crippen molar-refractivity contribution in [3.63, 3.8) is 0 Å². The van der Waals surface area contributed by atoms with Crippen LogP contribution in [0.3, 0.4) is 0 Å². The summed E-state index contributed by atoms with van der Waals surface area (Å²) in [6, 6.07) is 3.58. The van der Waals surface area contributed by atoms with Crippen LogP contribution in [0.25, 0.3) is 0 Å². The minimum absolute atomic E-state index is 0.158. The van der Waals surface area contributed by atoms with Gasteiger partial charge in [-0.1, -0.05) is 0 Å². The van der Waals surface area contributed by atoms with E-state index in [1.54, 1.807) is 23.9 Å². The van der Waals surface area contributed by atoms with E-state index < -0.39 is 0 Å². The van der Waals surface area contributed by atoms with Crippen LogP contribution in [0.4, 0.5) is 11.4 Å². The number of nitrogen functional groups attached to an aromatic ring is 1. The molecule has 5 heteroatoms. The molecule has 0 aliphatic carbocycles. The van der Waals surface area contributed by atoms with Gasteiger partial charge in [0.15, 0.2) is 0 Å². The molecule has 0 bridgehead atoms. The first-order valence-corrected chi connectivity index (χ1v) is 5.33. The largest absolute Gasteiger partial charge is 0.397 e. The Morgan fingerprint density at radius 2 is 1.94 bits per heavy atom. The number of hydrogen-bond acceptors (Lipinski definition) is 2. The van der Waals surface area contributed by atoms with Crippen molar-refractivity contribution in [2.45, 2.75) is 6.92 Å². The Morgan fingerprint density at radius 3 is 2.41 bits per heavy atom. The average molecular weight is 232 g/mol. The first kappa shape index (κ1) is 11.3. The summed E-state index contributed by atoms with van der Waals surface area (Å²) >= 11 is 0. The van der Waals surface area contributed by atoms with Crippen molar-refractivity contribution >= 4 is 17.3 Å². The van der Waals surface area contributed by atoms with Gasteiger partial charge in [-0.05, 0) is 19.1 Å². The standard InChI is InChI=1S/C12H16N4O/c1-8-4-10(7-15(8)2)14-12(17)11-5-9(13)6-16(11)3/h4-7H,13H2,1-3H3,(H,14,17). The number of amides is 1. The van der Waals surface area contributed by atoms with Gasteiger partial charge in [-0.15, -0.1) is 0 Å². The quantitative estimate of drug-likeness (QED) is 0.824. The Labute approximate surface area is 99.8 Å². The zero-order chi connectivity index (χ0) is 12.6. The lowest BCUT2D eigenvalue weighted by atomic mass is 10.3. The summed E-state index contributed by atoms with van der Waals surface area (Å²) in [6.45, 7) is 1.98. The fraction of sp³-hybridized carbons (Fsp3) is 0.250. The van der Waals surface area contributed by atoms with Crippen molar-refractivity contribution in [2.24, 2.45) is 14.1 Å². The molecule has 2 aromatic rings. The van der Waals surface area contributed by atoms with Crippen molar-refractivity contribution in [3.8, 4) is 0 Å². The third-order valence-corrected chi connectivity index (χ3v) is 2.77. The van der Waals surface area contributed by atoms with Crippen molar-refractivity contribution in [3.05, 3.63) is 35.9 Å². The summed E-state index contributed by atoms with van der Waals surface area (Å²) in [5.74, 6) is -0.158. The molecule has 17 heavy (non-hydrogen) atoms. The number of hydrogen-bond donors (Lipinski definition) is 2. The summed E-state index contributed by atoms with van der Waals surface area (Å²) < 4.78 is 3.66. The smallest absolute Gasteiger partial charge is 0.272 e. The molecule has 0 unspecified atom stereocenters. The Hall–Kier alpha value is -2.17. The Bertz CT molecular complexity index is 546. The van der Waals surface area contributed by atoms with E-state index in [-0.39, 0.29) is 5.91 Å². The second-order valence-corrected chi connectivity index (χ2v) is 4.20. The van der Waals surface area contributed by atoms with E-state index in [2.05, 4.69) is 5.32 Å². The van der Waals surface area contributed by atoms with Gasteiger partial charge in [-0.2, -0.15) is 0 Å². The molecule has 2 rings (SSSR count). The van der Waals surface area contributed by atoms with Gasteiger partial charge in [0.1, 0.15) is 5.69 Å². The lowest BCUT2D eigenvalue weighted by Crippen LogP contribution is -2.14. The number of carbonyl (C=O) groups excluding carboxylic acids is 1. The zero-order valence-corrected chi connectivity index (χ0v) is 10.2. The van der Waals surface area contributed by atoms with Crippen LogP contribution in [0.1, 0.15) is 16.2 Å². The van der Waals surface area contributed by atoms with Crippen LogP contribution in [-0.4, -0.2) is 15.0 Å². The van der Waals surface area contributed by atoms with Crippen molar-refractivity contribution in [1.82, 2.24) is 9.13 Å². The van der Waals surface area contributed by atoms with E-state index in [0.29, 0.717) is 11.4 Å². The van der Waals surface area contributed by atoms with Crippen LogP contribution in [0, 0.1) is 6.92 Å². The highest BCUT2D eigenvalue weighted by Gasteiger charge is 2.11. The van der Waals surface area contributed by atoms with Crippen molar-refractivity contribution in [1.29, 1.82) is 0 Å². The van der Waals surface area contributed by atoms with Crippen molar-refractivity contribution in [2.75, 3.05) is 11.1 Å². The fourth-order valence-electron chi connectivity index (χ4n) is 1.75. The molecule has 0 saturated heterocycles. The predicted molar refractivity (Wildman–Crippen MR) is 67.9 cm³/mol. The fourth-order valence-corrected chi connectivity index (χ4v) is 1.75. The highest BCUT2D eigenvalue weighted by molar-refractivity contribution is 6.03. The van der Waals surface area contributed by atoms with Crippen LogP contribution in [0.5, 0.6) is 0 Å². The minimum atomic E-state index is -0.158. The van der Waals surface area contributed by atoms with Crippen LogP contribution >= 0.6 is 0 Å². The van der Waals surface area contributed by atoms with E-state index in [0.717, 1.165) is 11.4 Å². The topological polar surface area (TPSA) is 65.0 Å².